The van der Waals surface area contributed by atoms with Gasteiger partial charge in [0.1, 0.15) is 24.1 Å². The summed E-state index contributed by atoms with van der Waals surface area (Å²) in [5.74, 6) is 0.0716. The number of aromatic nitrogens is 4. The van der Waals surface area contributed by atoms with E-state index in [-0.39, 0.29) is 17.0 Å². The number of nitrogen functional groups attached to an aromatic ring is 1. The molecule has 24 heavy (non-hydrogen) atoms. The molecule has 0 unspecified atom stereocenters. The van der Waals surface area contributed by atoms with Crippen molar-refractivity contribution in [2.75, 3.05) is 12.3 Å². The third kappa shape index (κ3) is 2.99. The van der Waals surface area contributed by atoms with Crippen LogP contribution in [-0.2, 0) is 13.8 Å². The SMILES string of the molecule is Nc1ncnc2c1ncn2[C@@H]1O[C@H](COP(=O)(O)O)[C@@H](O)[C@]1(F)S. The van der Waals surface area contributed by atoms with Crippen molar-refractivity contribution in [3.63, 3.8) is 0 Å². The molecule has 1 aliphatic heterocycles. The van der Waals surface area contributed by atoms with E-state index in [9.17, 15) is 14.1 Å². The average Bonchev–Trinajstić information content (AvgIpc) is 2.99. The highest BCUT2D eigenvalue weighted by Gasteiger charge is 2.56. The molecule has 0 aliphatic carbocycles. The zero-order valence-electron chi connectivity index (χ0n) is 11.8. The lowest BCUT2D eigenvalue weighted by Gasteiger charge is -2.23. The second-order valence-electron chi connectivity index (χ2n) is 5.07. The summed E-state index contributed by atoms with van der Waals surface area (Å²) in [5.41, 5.74) is 6.00. The van der Waals surface area contributed by atoms with Crippen molar-refractivity contribution >= 4 is 37.4 Å². The number of ether oxygens (including phenoxy) is 1. The molecule has 0 aromatic carbocycles. The highest BCUT2D eigenvalue weighted by atomic mass is 32.1. The normalized spacial score (nSPS) is 31.0. The van der Waals surface area contributed by atoms with Crippen LogP contribution in [0.1, 0.15) is 6.23 Å². The van der Waals surface area contributed by atoms with Crippen molar-refractivity contribution in [3.05, 3.63) is 12.7 Å². The van der Waals surface area contributed by atoms with Crippen LogP contribution >= 0.6 is 20.5 Å². The van der Waals surface area contributed by atoms with Crippen LogP contribution in [0.15, 0.2) is 12.7 Å². The molecular formula is C10H13FN5O6PS. The highest BCUT2D eigenvalue weighted by Crippen LogP contribution is 2.46. The van der Waals surface area contributed by atoms with Crippen molar-refractivity contribution in [2.45, 2.75) is 23.4 Å². The predicted octanol–water partition coefficient (Wildman–Crippen LogP) is -0.628. The second-order valence-corrected chi connectivity index (χ2v) is 6.99. The minimum Gasteiger partial charge on any atom is -0.386 e. The fraction of sp³-hybridized carbons (Fsp3) is 0.500. The van der Waals surface area contributed by atoms with E-state index in [0.717, 1.165) is 10.9 Å². The lowest BCUT2D eigenvalue weighted by molar-refractivity contribution is -0.0467. The Kier molecular flexibility index (Phi) is 4.28. The van der Waals surface area contributed by atoms with E-state index in [4.69, 9.17) is 20.3 Å². The number of aliphatic hydroxyl groups is 1. The van der Waals surface area contributed by atoms with E-state index in [2.05, 4.69) is 32.1 Å². The van der Waals surface area contributed by atoms with Crippen molar-refractivity contribution in [3.8, 4) is 0 Å². The van der Waals surface area contributed by atoms with Crippen LogP contribution in [0.25, 0.3) is 11.2 Å². The number of hydrogen-bond acceptors (Lipinski definition) is 9. The number of fused-ring (bicyclic) bond motifs is 1. The maximum atomic E-state index is 14.8. The number of phosphoric acid groups is 1. The Morgan fingerprint density at radius 1 is 1.50 bits per heavy atom. The van der Waals surface area contributed by atoms with Crippen LogP contribution < -0.4 is 5.73 Å². The van der Waals surface area contributed by atoms with Gasteiger partial charge >= 0.3 is 7.82 Å². The van der Waals surface area contributed by atoms with Crippen LogP contribution in [0.5, 0.6) is 0 Å². The van der Waals surface area contributed by atoms with Gasteiger partial charge in [0.2, 0.25) is 5.00 Å². The molecule has 14 heteroatoms. The number of thiol groups is 1. The van der Waals surface area contributed by atoms with Gasteiger partial charge in [-0.3, -0.25) is 9.09 Å². The number of nitrogens with zero attached hydrogens (tertiary/aromatic N) is 4. The fourth-order valence-corrected chi connectivity index (χ4v) is 3.04. The molecule has 2 aromatic rings. The van der Waals surface area contributed by atoms with E-state index in [1.54, 1.807) is 0 Å². The molecule has 1 saturated heterocycles. The summed E-state index contributed by atoms with van der Waals surface area (Å²) >= 11 is 3.79. The molecule has 0 amide bonds. The number of rotatable bonds is 4. The third-order valence-electron chi connectivity index (χ3n) is 3.46. The maximum absolute atomic E-state index is 14.8. The summed E-state index contributed by atoms with van der Waals surface area (Å²) in [6.07, 6.45) is -2.35. The average molecular weight is 381 g/mol. The lowest BCUT2D eigenvalue weighted by Crippen LogP contribution is -2.38. The highest BCUT2D eigenvalue weighted by molar-refractivity contribution is 7.81. The summed E-state index contributed by atoms with van der Waals surface area (Å²) in [6.45, 7) is -0.738. The summed E-state index contributed by atoms with van der Waals surface area (Å²) in [7, 11) is -4.81. The Balaban J connectivity index is 1.92. The van der Waals surface area contributed by atoms with Gasteiger partial charge in [-0.1, -0.05) is 0 Å². The standard InChI is InChI=1S/C10H13FN5O6PS/c11-10(24)6(17)4(1-21-23(18,19)20)22-9(10)16-3-15-5-7(12)13-2-14-8(5)16/h2-4,6,9,17,24H,1H2,(H2,12,13,14)(H2,18,19,20)/t4-,6-,9-,10+/m1/s1. The first-order chi connectivity index (χ1) is 11.1. The van der Waals surface area contributed by atoms with Crippen molar-refractivity contribution < 1.29 is 33.1 Å². The quantitative estimate of drug-likeness (QED) is 0.340. The predicted molar refractivity (Wildman–Crippen MR) is 80.5 cm³/mol. The van der Waals surface area contributed by atoms with Gasteiger partial charge in [-0.2, -0.15) is 0 Å². The number of halogens is 1. The van der Waals surface area contributed by atoms with Gasteiger partial charge in [0, 0.05) is 0 Å². The lowest BCUT2D eigenvalue weighted by atomic mass is 10.1. The summed E-state index contributed by atoms with van der Waals surface area (Å²) in [4.78, 5) is 29.1. The second kappa shape index (κ2) is 5.88. The number of hydrogen-bond donors (Lipinski definition) is 5. The van der Waals surface area contributed by atoms with Gasteiger partial charge in [0.05, 0.1) is 12.9 Å². The van der Waals surface area contributed by atoms with Gasteiger partial charge in [0.25, 0.3) is 0 Å². The number of alkyl halides is 1. The van der Waals surface area contributed by atoms with E-state index >= 15 is 0 Å². The third-order valence-corrected chi connectivity index (χ3v) is 4.43. The first kappa shape index (κ1) is 17.5. The van der Waals surface area contributed by atoms with Gasteiger partial charge in [-0.25, -0.2) is 23.9 Å². The summed E-state index contributed by atoms with van der Waals surface area (Å²) in [5, 5.41) is 7.41. The molecule has 11 nitrogen and oxygen atoms in total. The van der Waals surface area contributed by atoms with Crippen LogP contribution in [0, 0.1) is 0 Å². The Hall–Kier alpha value is -1.34. The Labute approximate surface area is 139 Å². The minimum atomic E-state index is -4.81. The van der Waals surface area contributed by atoms with E-state index < -0.39 is 37.9 Å². The van der Waals surface area contributed by atoms with Crippen LogP contribution in [-0.4, -0.2) is 58.2 Å². The number of imidazole rings is 1. The van der Waals surface area contributed by atoms with E-state index in [1.165, 1.54) is 6.33 Å². The Morgan fingerprint density at radius 3 is 2.88 bits per heavy atom. The molecule has 3 heterocycles. The summed E-state index contributed by atoms with van der Waals surface area (Å²) in [6, 6.07) is 0. The van der Waals surface area contributed by atoms with Crippen molar-refractivity contribution in [2.24, 2.45) is 0 Å². The molecule has 0 saturated carbocycles. The zero-order valence-corrected chi connectivity index (χ0v) is 13.6. The molecular weight excluding hydrogens is 368 g/mol. The van der Waals surface area contributed by atoms with Crippen LogP contribution in [0.4, 0.5) is 10.2 Å². The molecule has 1 aliphatic rings. The van der Waals surface area contributed by atoms with Gasteiger partial charge in [-0.15, -0.1) is 12.6 Å². The molecule has 3 rings (SSSR count). The van der Waals surface area contributed by atoms with E-state index in [0.29, 0.717) is 0 Å². The maximum Gasteiger partial charge on any atom is 0.469 e. The molecule has 1 fully saturated rings. The molecule has 0 radical (unpaired) electrons. The number of phosphoric ester groups is 1. The molecule has 132 valence electrons. The topological polar surface area (TPSA) is 166 Å². The van der Waals surface area contributed by atoms with Crippen molar-refractivity contribution in [1.29, 1.82) is 0 Å². The first-order valence-corrected chi connectivity index (χ1v) is 8.47. The Bertz CT molecular complexity index is 814. The van der Waals surface area contributed by atoms with Crippen LogP contribution in [0.3, 0.4) is 0 Å². The zero-order chi connectivity index (χ0) is 17.7. The number of nitrogens with two attached hydrogens (primary N) is 1. The largest absolute Gasteiger partial charge is 0.469 e. The fourth-order valence-electron chi connectivity index (χ4n) is 2.35. The van der Waals surface area contributed by atoms with Gasteiger partial charge < -0.3 is 25.4 Å². The summed E-state index contributed by atoms with van der Waals surface area (Å²) < 4.78 is 36.3. The minimum absolute atomic E-state index is 0.0716. The molecule has 5 N–H and O–H groups in total. The van der Waals surface area contributed by atoms with Gasteiger partial charge in [0.15, 0.2) is 17.7 Å². The van der Waals surface area contributed by atoms with Gasteiger partial charge in [-0.05, 0) is 0 Å². The monoisotopic (exact) mass is 381 g/mol. The first-order valence-electron chi connectivity index (χ1n) is 6.49. The smallest absolute Gasteiger partial charge is 0.386 e. The number of aliphatic hydroxyl groups excluding tert-OH is 1. The molecule has 2 aromatic heterocycles. The molecule has 0 spiro atoms. The number of anilines is 1. The molecule has 4 atom stereocenters. The molecule has 0 bridgehead atoms. The Morgan fingerprint density at radius 2 is 2.21 bits per heavy atom. The van der Waals surface area contributed by atoms with Crippen molar-refractivity contribution in [1.82, 2.24) is 19.5 Å². The van der Waals surface area contributed by atoms with E-state index in [1.807, 2.05) is 0 Å². The van der Waals surface area contributed by atoms with Crippen LogP contribution in [0.2, 0.25) is 0 Å².